The summed E-state index contributed by atoms with van der Waals surface area (Å²) in [6.07, 6.45) is 2.22. The fraction of sp³-hybridized carbons (Fsp3) is 0.263. The first-order chi connectivity index (χ1) is 10.6. The maximum Gasteiger partial charge on any atom is 0.0497 e. The normalized spacial score (nSPS) is 11.5. The molecule has 0 fully saturated rings. The second-order valence-electron chi connectivity index (χ2n) is 5.94. The van der Waals surface area contributed by atoms with Crippen LogP contribution in [0.5, 0.6) is 0 Å². The summed E-state index contributed by atoms with van der Waals surface area (Å²) in [5, 5.41) is 2.10. The molecule has 2 nitrogen and oxygen atoms in total. The molecule has 0 unspecified atom stereocenters. The third-order valence-electron chi connectivity index (χ3n) is 3.98. The Morgan fingerprint density at radius 1 is 1.00 bits per heavy atom. The Hall–Kier alpha value is -1.77. The van der Waals surface area contributed by atoms with Crippen LogP contribution in [0.25, 0.3) is 22.2 Å². The van der Waals surface area contributed by atoms with Crippen LogP contribution in [0.3, 0.4) is 0 Å². The highest BCUT2D eigenvalue weighted by atomic mass is 35.5. The minimum atomic E-state index is 0.772. The molecule has 0 aliphatic carbocycles. The van der Waals surface area contributed by atoms with E-state index >= 15 is 0 Å². The number of aromatic amines is 1. The third kappa shape index (κ3) is 3.18. The van der Waals surface area contributed by atoms with Gasteiger partial charge in [-0.15, -0.1) is 0 Å². The van der Waals surface area contributed by atoms with Gasteiger partial charge in [0, 0.05) is 21.6 Å². The molecule has 0 atom stereocenters. The summed E-state index contributed by atoms with van der Waals surface area (Å²) in [6.45, 7) is 1.10. The lowest BCUT2D eigenvalue weighted by atomic mass is 10.0. The van der Waals surface area contributed by atoms with Crippen LogP contribution < -0.4 is 0 Å². The van der Waals surface area contributed by atoms with Crippen molar-refractivity contribution in [1.29, 1.82) is 0 Å². The smallest absolute Gasteiger partial charge is 0.0497 e. The predicted octanol–water partition coefficient (Wildman–Crippen LogP) is 4.98. The average molecular weight is 313 g/mol. The zero-order chi connectivity index (χ0) is 15.5. The first kappa shape index (κ1) is 15.1. The number of rotatable bonds is 5. The molecule has 2 aromatic carbocycles. The monoisotopic (exact) mass is 312 g/mol. The Morgan fingerprint density at radius 3 is 2.45 bits per heavy atom. The van der Waals surface area contributed by atoms with E-state index in [9.17, 15) is 0 Å². The molecule has 0 saturated carbocycles. The fourth-order valence-corrected chi connectivity index (χ4v) is 3.02. The number of para-hydroxylation sites is 1. The summed E-state index contributed by atoms with van der Waals surface area (Å²) < 4.78 is 0. The van der Waals surface area contributed by atoms with Gasteiger partial charge in [0.2, 0.25) is 0 Å². The van der Waals surface area contributed by atoms with E-state index in [1.54, 1.807) is 0 Å². The molecular formula is C19H21ClN2. The second-order valence-corrected chi connectivity index (χ2v) is 6.37. The van der Waals surface area contributed by atoms with Gasteiger partial charge in [-0.1, -0.05) is 41.9 Å². The van der Waals surface area contributed by atoms with Gasteiger partial charge >= 0.3 is 0 Å². The van der Waals surface area contributed by atoms with Gasteiger partial charge in [-0.2, -0.15) is 0 Å². The molecule has 3 aromatic rings. The van der Waals surface area contributed by atoms with E-state index < -0.39 is 0 Å². The molecule has 1 aromatic heterocycles. The SMILES string of the molecule is CN(C)CCCc1c(-c2ccc(Cl)cc2)[nH]c2ccccc12. The standard InChI is InChI=1S/C19H21ClN2/c1-22(2)13-5-7-17-16-6-3-4-8-18(16)21-19(17)14-9-11-15(20)12-10-14/h3-4,6,8-12,21H,5,7,13H2,1-2H3. The quantitative estimate of drug-likeness (QED) is 0.703. The zero-order valence-electron chi connectivity index (χ0n) is 13.1. The number of halogens is 1. The third-order valence-corrected chi connectivity index (χ3v) is 4.23. The molecular weight excluding hydrogens is 292 g/mol. The van der Waals surface area contributed by atoms with Gasteiger partial charge in [0.1, 0.15) is 0 Å². The van der Waals surface area contributed by atoms with Gasteiger partial charge in [0.15, 0.2) is 0 Å². The van der Waals surface area contributed by atoms with E-state index in [0.29, 0.717) is 0 Å². The number of aryl methyl sites for hydroxylation is 1. The maximum absolute atomic E-state index is 6.02. The van der Waals surface area contributed by atoms with Crippen molar-refractivity contribution in [3.05, 3.63) is 59.1 Å². The molecule has 0 saturated heterocycles. The van der Waals surface area contributed by atoms with Crippen molar-refractivity contribution in [2.24, 2.45) is 0 Å². The van der Waals surface area contributed by atoms with Crippen LogP contribution in [0, 0.1) is 0 Å². The molecule has 3 rings (SSSR count). The molecule has 0 aliphatic heterocycles. The molecule has 114 valence electrons. The van der Waals surface area contributed by atoms with E-state index in [1.807, 2.05) is 12.1 Å². The van der Waals surface area contributed by atoms with Crippen molar-refractivity contribution < 1.29 is 0 Å². The Kier molecular flexibility index (Phi) is 4.51. The molecule has 0 spiro atoms. The number of aromatic nitrogens is 1. The number of nitrogens with one attached hydrogen (secondary N) is 1. The molecule has 1 heterocycles. The van der Waals surface area contributed by atoms with Crippen molar-refractivity contribution in [3.63, 3.8) is 0 Å². The Balaban J connectivity index is 2.02. The largest absolute Gasteiger partial charge is 0.354 e. The van der Waals surface area contributed by atoms with E-state index in [0.717, 1.165) is 24.4 Å². The Bertz CT molecular complexity index is 757. The van der Waals surface area contributed by atoms with Crippen LogP contribution in [0.4, 0.5) is 0 Å². The molecule has 0 radical (unpaired) electrons. The predicted molar refractivity (Wildman–Crippen MR) is 95.6 cm³/mol. The van der Waals surface area contributed by atoms with Gasteiger partial charge in [-0.3, -0.25) is 0 Å². The van der Waals surface area contributed by atoms with Crippen LogP contribution in [0.2, 0.25) is 5.02 Å². The van der Waals surface area contributed by atoms with Crippen molar-refractivity contribution in [2.75, 3.05) is 20.6 Å². The highest BCUT2D eigenvalue weighted by molar-refractivity contribution is 6.30. The summed E-state index contributed by atoms with van der Waals surface area (Å²) in [5.41, 5.74) is 5.02. The van der Waals surface area contributed by atoms with Gasteiger partial charge in [-0.25, -0.2) is 0 Å². The summed E-state index contributed by atoms with van der Waals surface area (Å²) in [7, 11) is 4.24. The van der Waals surface area contributed by atoms with Crippen LogP contribution >= 0.6 is 11.6 Å². The molecule has 0 amide bonds. The molecule has 3 heteroatoms. The van der Waals surface area contributed by atoms with Crippen molar-refractivity contribution >= 4 is 22.5 Å². The van der Waals surface area contributed by atoms with Crippen molar-refractivity contribution in [3.8, 4) is 11.3 Å². The molecule has 0 aliphatic rings. The molecule has 0 bridgehead atoms. The first-order valence-electron chi connectivity index (χ1n) is 7.65. The molecule has 22 heavy (non-hydrogen) atoms. The topological polar surface area (TPSA) is 19.0 Å². The van der Waals surface area contributed by atoms with Gasteiger partial charge < -0.3 is 9.88 Å². The van der Waals surface area contributed by atoms with Crippen molar-refractivity contribution in [2.45, 2.75) is 12.8 Å². The molecule has 1 N–H and O–H groups in total. The number of nitrogens with zero attached hydrogens (tertiary/aromatic N) is 1. The zero-order valence-corrected chi connectivity index (χ0v) is 13.8. The van der Waals surface area contributed by atoms with E-state index in [4.69, 9.17) is 11.6 Å². The van der Waals surface area contributed by atoms with Gasteiger partial charge in [0.05, 0.1) is 0 Å². The fourth-order valence-electron chi connectivity index (χ4n) is 2.89. The minimum Gasteiger partial charge on any atom is -0.354 e. The van der Waals surface area contributed by atoms with Crippen LogP contribution in [-0.4, -0.2) is 30.5 Å². The number of benzene rings is 2. The number of hydrogen-bond acceptors (Lipinski definition) is 1. The Labute approximate surface area is 136 Å². The van der Waals surface area contributed by atoms with E-state index in [1.165, 1.54) is 27.7 Å². The maximum atomic E-state index is 6.02. The summed E-state index contributed by atoms with van der Waals surface area (Å²) in [6, 6.07) is 16.6. The average Bonchev–Trinajstić information content (AvgIpc) is 2.87. The highest BCUT2D eigenvalue weighted by Crippen LogP contribution is 2.31. The van der Waals surface area contributed by atoms with E-state index in [-0.39, 0.29) is 0 Å². The van der Waals surface area contributed by atoms with Gasteiger partial charge in [0.25, 0.3) is 0 Å². The van der Waals surface area contributed by atoms with Gasteiger partial charge in [-0.05, 0) is 62.8 Å². The second kappa shape index (κ2) is 6.55. The lowest BCUT2D eigenvalue weighted by Gasteiger charge is -2.10. The summed E-state index contributed by atoms with van der Waals surface area (Å²) >= 11 is 6.02. The number of hydrogen-bond donors (Lipinski definition) is 1. The van der Waals surface area contributed by atoms with Crippen molar-refractivity contribution in [1.82, 2.24) is 9.88 Å². The summed E-state index contributed by atoms with van der Waals surface area (Å²) in [5.74, 6) is 0. The summed E-state index contributed by atoms with van der Waals surface area (Å²) in [4.78, 5) is 5.81. The van der Waals surface area contributed by atoms with Crippen LogP contribution in [-0.2, 0) is 6.42 Å². The number of H-pyrrole nitrogens is 1. The van der Waals surface area contributed by atoms with Crippen LogP contribution in [0.1, 0.15) is 12.0 Å². The van der Waals surface area contributed by atoms with Crippen LogP contribution in [0.15, 0.2) is 48.5 Å². The number of fused-ring (bicyclic) bond motifs is 1. The highest BCUT2D eigenvalue weighted by Gasteiger charge is 2.12. The Morgan fingerprint density at radius 2 is 1.73 bits per heavy atom. The lowest BCUT2D eigenvalue weighted by molar-refractivity contribution is 0.400. The lowest BCUT2D eigenvalue weighted by Crippen LogP contribution is -2.13. The first-order valence-corrected chi connectivity index (χ1v) is 8.03. The van der Waals surface area contributed by atoms with E-state index in [2.05, 4.69) is 60.4 Å². The minimum absolute atomic E-state index is 0.772.